The Morgan fingerprint density at radius 3 is 2.54 bits per heavy atom. The Bertz CT molecular complexity index is 1480. The summed E-state index contributed by atoms with van der Waals surface area (Å²) in [6.07, 6.45) is 3.93. The van der Waals surface area contributed by atoms with Gasteiger partial charge in [-0.05, 0) is 66.6 Å². The molecule has 2 aromatic carbocycles. The molecule has 2 fully saturated rings. The molecule has 11 heteroatoms. The lowest BCUT2D eigenvalue weighted by molar-refractivity contribution is -0.0640. The summed E-state index contributed by atoms with van der Waals surface area (Å²) in [5.74, 6) is -0.285. The standard InChI is InChI=1S/C26H21BrCl2F2N2O3S/c27-20-17(30)10-18-24(21(20)31)37-25(32-18)26(34)8-6-13(7-9-26)35-11-14-22(33-36-23(14)12-4-5-12)19-15(28)2-1-3-16(19)29/h1-3,10,12-13,34H,4-9,11H2/t13-,26-. The van der Waals surface area contributed by atoms with Crippen LogP contribution in [0.5, 0.6) is 0 Å². The minimum absolute atomic E-state index is 0.102. The molecule has 1 N–H and O–H groups in total. The summed E-state index contributed by atoms with van der Waals surface area (Å²) in [4.78, 5) is 4.36. The monoisotopic (exact) mass is 628 g/mol. The van der Waals surface area contributed by atoms with Crippen molar-refractivity contribution in [2.45, 2.75) is 62.8 Å². The second kappa shape index (κ2) is 9.84. The van der Waals surface area contributed by atoms with Crippen LogP contribution in [0.1, 0.15) is 60.8 Å². The van der Waals surface area contributed by atoms with Crippen LogP contribution in [0.4, 0.5) is 8.78 Å². The second-order valence-corrected chi connectivity index (χ2v) is 12.2. The highest BCUT2D eigenvalue weighted by molar-refractivity contribution is 9.10. The number of halogens is 5. The van der Waals surface area contributed by atoms with Crippen molar-refractivity contribution in [3.8, 4) is 11.3 Å². The molecule has 37 heavy (non-hydrogen) atoms. The van der Waals surface area contributed by atoms with Crippen LogP contribution >= 0.6 is 50.5 Å². The first-order chi connectivity index (χ1) is 17.7. The largest absolute Gasteiger partial charge is 0.383 e. The first-order valence-electron chi connectivity index (χ1n) is 12.0. The van der Waals surface area contributed by atoms with Gasteiger partial charge in [-0.1, -0.05) is 34.4 Å². The van der Waals surface area contributed by atoms with Crippen molar-refractivity contribution in [2.24, 2.45) is 0 Å². The molecular weight excluding hydrogens is 609 g/mol. The molecule has 6 rings (SSSR count). The zero-order valence-electron chi connectivity index (χ0n) is 19.4. The summed E-state index contributed by atoms with van der Waals surface area (Å²) in [5, 5.41) is 17.0. The third kappa shape index (κ3) is 4.72. The van der Waals surface area contributed by atoms with Crippen molar-refractivity contribution < 1.29 is 23.1 Å². The third-order valence-electron chi connectivity index (χ3n) is 7.11. The number of nitrogens with zero attached hydrogens (tertiary/aromatic N) is 2. The average Bonchev–Trinajstić information content (AvgIpc) is 3.49. The van der Waals surface area contributed by atoms with Crippen LogP contribution in [0.2, 0.25) is 10.0 Å². The quantitative estimate of drug-likeness (QED) is 0.217. The van der Waals surface area contributed by atoms with E-state index in [4.69, 9.17) is 32.5 Å². The molecule has 5 nitrogen and oxygen atoms in total. The van der Waals surface area contributed by atoms with Crippen molar-refractivity contribution in [3.05, 3.63) is 66.7 Å². The van der Waals surface area contributed by atoms with Gasteiger partial charge >= 0.3 is 0 Å². The molecule has 0 saturated heterocycles. The van der Waals surface area contributed by atoms with Crippen molar-refractivity contribution >= 4 is 60.7 Å². The van der Waals surface area contributed by atoms with E-state index in [0.717, 1.165) is 35.5 Å². The number of hydrogen-bond donors (Lipinski definition) is 1. The molecule has 0 radical (unpaired) electrons. The zero-order valence-corrected chi connectivity index (χ0v) is 23.3. The van der Waals surface area contributed by atoms with Crippen molar-refractivity contribution in [2.75, 3.05) is 0 Å². The fourth-order valence-corrected chi connectivity index (χ4v) is 7.03. The Balaban J connectivity index is 1.18. The van der Waals surface area contributed by atoms with E-state index in [1.54, 1.807) is 18.2 Å². The van der Waals surface area contributed by atoms with E-state index >= 15 is 0 Å². The molecule has 0 bridgehead atoms. The van der Waals surface area contributed by atoms with Gasteiger partial charge in [-0.2, -0.15) is 0 Å². The first kappa shape index (κ1) is 25.6. The number of aliphatic hydroxyl groups is 1. The van der Waals surface area contributed by atoms with Gasteiger partial charge in [0.1, 0.15) is 27.9 Å². The highest BCUT2D eigenvalue weighted by Crippen LogP contribution is 2.47. The number of thiazole rings is 1. The Morgan fingerprint density at radius 1 is 1.16 bits per heavy atom. The maximum atomic E-state index is 14.5. The maximum absolute atomic E-state index is 14.5. The van der Waals surface area contributed by atoms with Gasteiger partial charge in [0.2, 0.25) is 0 Å². The zero-order chi connectivity index (χ0) is 25.9. The van der Waals surface area contributed by atoms with Gasteiger partial charge < -0.3 is 14.4 Å². The number of hydrogen-bond acceptors (Lipinski definition) is 6. The molecule has 0 amide bonds. The maximum Gasteiger partial charge on any atom is 0.159 e. The fourth-order valence-electron chi connectivity index (χ4n) is 4.87. The normalized spacial score (nSPS) is 22.2. The van der Waals surface area contributed by atoms with Crippen molar-refractivity contribution in [3.63, 3.8) is 0 Å². The Kier molecular flexibility index (Phi) is 6.82. The van der Waals surface area contributed by atoms with E-state index in [2.05, 4.69) is 26.1 Å². The Morgan fingerprint density at radius 2 is 1.86 bits per heavy atom. The van der Waals surface area contributed by atoms with Crippen molar-refractivity contribution in [1.29, 1.82) is 0 Å². The predicted molar refractivity (Wildman–Crippen MR) is 142 cm³/mol. The van der Waals surface area contributed by atoms with Crippen molar-refractivity contribution in [1.82, 2.24) is 10.1 Å². The smallest absolute Gasteiger partial charge is 0.159 e. The molecule has 0 aliphatic heterocycles. The van der Waals surface area contributed by atoms with E-state index in [0.29, 0.717) is 57.9 Å². The number of benzene rings is 2. The lowest BCUT2D eigenvalue weighted by Crippen LogP contribution is -2.34. The van der Waals surface area contributed by atoms with E-state index in [1.807, 2.05) is 0 Å². The van der Waals surface area contributed by atoms with Gasteiger partial charge in [-0.3, -0.25) is 0 Å². The summed E-state index contributed by atoms with van der Waals surface area (Å²) < 4.78 is 40.5. The number of aromatic nitrogens is 2. The summed E-state index contributed by atoms with van der Waals surface area (Å²) >= 11 is 16.9. The second-order valence-electron chi connectivity index (χ2n) is 9.64. The topological polar surface area (TPSA) is 68.4 Å². The van der Waals surface area contributed by atoms with Crippen LogP contribution < -0.4 is 0 Å². The molecule has 2 aliphatic carbocycles. The van der Waals surface area contributed by atoms with E-state index < -0.39 is 17.2 Å². The van der Waals surface area contributed by atoms with E-state index in [-0.39, 0.29) is 27.4 Å². The molecule has 0 spiro atoms. The van der Waals surface area contributed by atoms with Crippen LogP contribution in [0.15, 0.2) is 33.3 Å². The Hall–Kier alpha value is -1.62. The number of rotatable bonds is 6. The SMILES string of the molecule is O[C@]1(c2nc3cc(F)c(Br)c(F)c3s2)CC[C@@H](OCc2c(-c3c(Cl)cccc3Cl)noc2C2CC2)CC1. The van der Waals surface area contributed by atoms with Gasteiger partial charge in [-0.15, -0.1) is 11.3 Å². The molecule has 0 unspecified atom stereocenters. The van der Waals surface area contributed by atoms with Crippen LogP contribution in [0, 0.1) is 11.6 Å². The molecule has 2 heterocycles. The van der Waals surface area contributed by atoms with Crippen LogP contribution in [-0.4, -0.2) is 21.4 Å². The van der Waals surface area contributed by atoms with E-state index in [1.165, 1.54) is 6.07 Å². The minimum Gasteiger partial charge on any atom is -0.383 e. The average molecular weight is 630 g/mol. The molecule has 0 atom stereocenters. The lowest BCUT2D eigenvalue weighted by Gasteiger charge is -2.34. The highest BCUT2D eigenvalue weighted by Gasteiger charge is 2.39. The van der Waals surface area contributed by atoms with Crippen LogP contribution in [0.3, 0.4) is 0 Å². The molecule has 2 saturated carbocycles. The van der Waals surface area contributed by atoms with Gasteiger partial charge in [-0.25, -0.2) is 13.8 Å². The van der Waals surface area contributed by atoms with Gasteiger partial charge in [0, 0.05) is 23.1 Å². The van der Waals surface area contributed by atoms with Crippen LogP contribution in [-0.2, 0) is 16.9 Å². The summed E-state index contributed by atoms with van der Waals surface area (Å²) in [7, 11) is 0. The fraction of sp³-hybridized carbons (Fsp3) is 0.385. The molecular formula is C26H21BrCl2F2N2O3S. The number of fused-ring (bicyclic) bond motifs is 1. The summed E-state index contributed by atoms with van der Waals surface area (Å²) in [5.41, 5.74) is 1.07. The minimum atomic E-state index is -1.22. The van der Waals surface area contributed by atoms with Gasteiger partial charge in [0.15, 0.2) is 5.82 Å². The molecule has 194 valence electrons. The third-order valence-corrected chi connectivity index (χ3v) is 9.72. The highest BCUT2D eigenvalue weighted by atomic mass is 79.9. The predicted octanol–water partition coefficient (Wildman–Crippen LogP) is 8.52. The number of ether oxygens (including phenoxy) is 1. The van der Waals surface area contributed by atoms with E-state index in [9.17, 15) is 13.9 Å². The first-order valence-corrected chi connectivity index (χ1v) is 14.3. The molecule has 2 aliphatic rings. The molecule has 4 aromatic rings. The van der Waals surface area contributed by atoms with Crippen LogP contribution in [0.25, 0.3) is 21.5 Å². The van der Waals surface area contributed by atoms with Gasteiger partial charge in [0.25, 0.3) is 0 Å². The summed E-state index contributed by atoms with van der Waals surface area (Å²) in [6, 6.07) is 6.49. The van der Waals surface area contributed by atoms with Gasteiger partial charge in [0.05, 0.1) is 37.4 Å². The molecule has 2 aromatic heterocycles. The summed E-state index contributed by atoms with van der Waals surface area (Å²) in [6.45, 7) is 0.287. The Labute approximate surface area is 233 Å². The lowest BCUT2D eigenvalue weighted by atomic mass is 9.83.